The van der Waals surface area contributed by atoms with Crippen LogP contribution in [0.4, 0.5) is 11.4 Å². The zero-order valence-electron chi connectivity index (χ0n) is 18.7. The van der Waals surface area contributed by atoms with Crippen molar-refractivity contribution in [3.63, 3.8) is 0 Å². The summed E-state index contributed by atoms with van der Waals surface area (Å²) in [6.45, 7) is 3.92. The highest BCUT2D eigenvalue weighted by molar-refractivity contribution is 9.10. The van der Waals surface area contributed by atoms with E-state index in [2.05, 4.69) is 31.4 Å². The van der Waals surface area contributed by atoms with E-state index in [9.17, 15) is 14.7 Å². The molecule has 0 atom stereocenters. The Hall–Kier alpha value is -3.69. The number of halogens is 1. The number of aromatic hydroxyl groups is 1. The molecular formula is C26H19BrN4O3S. The summed E-state index contributed by atoms with van der Waals surface area (Å²) in [5.74, 6) is -0.447. The van der Waals surface area contributed by atoms with Crippen molar-refractivity contribution in [3.8, 4) is 5.75 Å². The molecule has 35 heavy (non-hydrogen) atoms. The molecule has 2 N–H and O–H groups in total. The van der Waals surface area contributed by atoms with Crippen molar-refractivity contribution in [1.82, 2.24) is 0 Å². The van der Waals surface area contributed by atoms with Gasteiger partial charge in [-0.05, 0) is 79.2 Å². The Morgan fingerprint density at radius 2 is 1.77 bits per heavy atom. The summed E-state index contributed by atoms with van der Waals surface area (Å²) in [6.07, 6.45) is 1.74. The number of thioether (sulfide) groups is 1. The first-order chi connectivity index (χ1) is 16.8. The molecule has 0 bridgehead atoms. The zero-order valence-corrected chi connectivity index (χ0v) is 21.1. The van der Waals surface area contributed by atoms with E-state index in [-0.39, 0.29) is 23.3 Å². The third-order valence-corrected chi connectivity index (χ3v) is 6.98. The summed E-state index contributed by atoms with van der Waals surface area (Å²) in [7, 11) is 0. The quantitative estimate of drug-likeness (QED) is 0.330. The Bertz CT molecular complexity index is 1480. The van der Waals surface area contributed by atoms with E-state index < -0.39 is 0 Å². The zero-order chi connectivity index (χ0) is 24.7. The molecule has 2 aliphatic heterocycles. The van der Waals surface area contributed by atoms with Gasteiger partial charge in [-0.1, -0.05) is 45.8 Å². The van der Waals surface area contributed by atoms with Crippen molar-refractivity contribution in [1.29, 1.82) is 0 Å². The van der Waals surface area contributed by atoms with Crippen molar-refractivity contribution in [3.05, 3.63) is 92.3 Å². The number of aryl methyl sites for hydroxylation is 2. The van der Waals surface area contributed by atoms with Crippen molar-refractivity contribution < 1.29 is 14.7 Å². The van der Waals surface area contributed by atoms with Crippen molar-refractivity contribution in [2.75, 3.05) is 10.2 Å². The van der Waals surface area contributed by atoms with Gasteiger partial charge in [0.1, 0.15) is 5.75 Å². The summed E-state index contributed by atoms with van der Waals surface area (Å²) in [5, 5.41) is 21.3. The summed E-state index contributed by atoms with van der Waals surface area (Å²) in [6, 6.07) is 17.8. The maximum atomic E-state index is 13.5. The van der Waals surface area contributed by atoms with Gasteiger partial charge in [-0.15, -0.1) is 10.2 Å². The highest BCUT2D eigenvalue weighted by atomic mass is 79.9. The maximum Gasteiger partial charge on any atom is 0.276 e. The van der Waals surface area contributed by atoms with Crippen LogP contribution in [0.2, 0.25) is 0 Å². The molecule has 2 aliphatic rings. The summed E-state index contributed by atoms with van der Waals surface area (Å²) < 4.78 is 0.814. The highest BCUT2D eigenvalue weighted by Gasteiger charge is 2.36. The predicted octanol–water partition coefficient (Wildman–Crippen LogP) is 5.60. The second-order valence-corrected chi connectivity index (χ2v) is 10.0. The molecule has 0 aliphatic carbocycles. The molecule has 0 saturated carbocycles. The first kappa shape index (κ1) is 23.1. The SMILES string of the molecule is Cc1ccc(N2C(=O)C(=Cc3ccc(O)cc3)SC2=NN=C2C(=O)Nc3ccc(Br)cc32)c(C)c1. The Morgan fingerprint density at radius 3 is 2.51 bits per heavy atom. The van der Waals surface area contributed by atoms with Crippen LogP contribution < -0.4 is 10.2 Å². The fourth-order valence-corrected chi connectivity index (χ4v) is 5.13. The fourth-order valence-electron chi connectivity index (χ4n) is 3.85. The molecule has 1 saturated heterocycles. The van der Waals surface area contributed by atoms with E-state index in [1.54, 1.807) is 42.5 Å². The Kier molecular flexibility index (Phi) is 6.04. The Morgan fingerprint density at radius 1 is 1.00 bits per heavy atom. The summed E-state index contributed by atoms with van der Waals surface area (Å²) in [5.41, 5.74) is 4.93. The monoisotopic (exact) mass is 546 g/mol. The van der Waals surface area contributed by atoms with Gasteiger partial charge in [-0.3, -0.25) is 14.5 Å². The largest absolute Gasteiger partial charge is 0.508 e. The third-order valence-electron chi connectivity index (χ3n) is 5.53. The number of nitrogens with one attached hydrogen (secondary N) is 1. The topological polar surface area (TPSA) is 94.4 Å². The van der Waals surface area contributed by atoms with Gasteiger partial charge in [0.15, 0.2) is 5.71 Å². The number of hydrogen-bond acceptors (Lipinski definition) is 6. The molecule has 9 heteroatoms. The molecule has 5 rings (SSSR count). The van der Waals surface area contributed by atoms with E-state index in [0.717, 1.165) is 21.2 Å². The first-order valence-corrected chi connectivity index (χ1v) is 12.3. The molecule has 1 fully saturated rings. The van der Waals surface area contributed by atoms with Gasteiger partial charge in [0.05, 0.1) is 16.3 Å². The predicted molar refractivity (Wildman–Crippen MR) is 144 cm³/mol. The van der Waals surface area contributed by atoms with Crippen LogP contribution in [-0.2, 0) is 9.59 Å². The standard InChI is InChI=1S/C26H19BrN4O3S/c1-14-3-10-21(15(2)11-14)31-25(34)22(12-16-4-7-18(32)8-5-16)35-26(31)30-29-23-19-13-17(27)6-9-20(19)28-24(23)33/h3-13,32H,1-2H3,(H,28,29,33). The number of hydrogen-bond donors (Lipinski definition) is 2. The van der Waals surface area contributed by atoms with E-state index >= 15 is 0 Å². The van der Waals surface area contributed by atoms with E-state index in [1.165, 1.54) is 16.7 Å². The van der Waals surface area contributed by atoms with Gasteiger partial charge in [0.2, 0.25) is 5.17 Å². The summed E-state index contributed by atoms with van der Waals surface area (Å²) >= 11 is 4.60. The second kappa shape index (κ2) is 9.16. The molecule has 2 heterocycles. The van der Waals surface area contributed by atoms with Crippen molar-refractivity contribution >= 4 is 67.8 Å². The van der Waals surface area contributed by atoms with Crippen LogP contribution in [0.3, 0.4) is 0 Å². The molecule has 0 spiro atoms. The number of carbonyl (C=O) groups is 2. The number of phenolic OH excluding ortho intramolecular Hbond substituents is 1. The number of benzene rings is 3. The molecule has 2 amide bonds. The molecule has 0 unspecified atom stereocenters. The lowest BCUT2D eigenvalue weighted by Crippen LogP contribution is -2.29. The normalized spacial score (nSPS) is 18.6. The van der Waals surface area contributed by atoms with Gasteiger partial charge in [0.25, 0.3) is 11.8 Å². The molecule has 174 valence electrons. The van der Waals surface area contributed by atoms with E-state index in [1.807, 2.05) is 38.1 Å². The van der Waals surface area contributed by atoms with Crippen LogP contribution in [0.1, 0.15) is 22.3 Å². The second-order valence-electron chi connectivity index (χ2n) is 8.11. The minimum atomic E-state index is -0.352. The average molecular weight is 547 g/mol. The number of anilines is 2. The lowest BCUT2D eigenvalue weighted by Gasteiger charge is -2.17. The molecule has 7 nitrogen and oxygen atoms in total. The van der Waals surface area contributed by atoms with Crippen LogP contribution in [0, 0.1) is 13.8 Å². The third kappa shape index (κ3) is 4.52. The molecule has 3 aromatic carbocycles. The molecule has 3 aromatic rings. The lowest BCUT2D eigenvalue weighted by molar-refractivity contribution is -0.113. The number of carbonyl (C=O) groups excluding carboxylic acids is 2. The van der Waals surface area contributed by atoms with Gasteiger partial charge >= 0.3 is 0 Å². The van der Waals surface area contributed by atoms with Crippen LogP contribution in [0.15, 0.2) is 80.2 Å². The van der Waals surface area contributed by atoms with Crippen molar-refractivity contribution in [2.24, 2.45) is 10.2 Å². The average Bonchev–Trinajstić information content (AvgIpc) is 3.29. The molecule has 0 radical (unpaired) electrons. The van der Waals surface area contributed by atoms with Gasteiger partial charge in [-0.25, -0.2) is 0 Å². The maximum absolute atomic E-state index is 13.5. The summed E-state index contributed by atoms with van der Waals surface area (Å²) in [4.78, 5) is 28.0. The number of fused-ring (bicyclic) bond motifs is 1. The van der Waals surface area contributed by atoms with Crippen LogP contribution in [0.25, 0.3) is 6.08 Å². The minimum absolute atomic E-state index is 0.147. The lowest BCUT2D eigenvalue weighted by atomic mass is 10.1. The fraction of sp³-hybridized carbons (Fsp3) is 0.0769. The van der Waals surface area contributed by atoms with Crippen LogP contribution in [0.5, 0.6) is 5.75 Å². The van der Waals surface area contributed by atoms with Crippen LogP contribution in [-0.4, -0.2) is 27.8 Å². The number of amides is 2. The molecule has 0 aromatic heterocycles. The first-order valence-electron chi connectivity index (χ1n) is 10.7. The van der Waals surface area contributed by atoms with Crippen molar-refractivity contribution in [2.45, 2.75) is 13.8 Å². The number of phenols is 1. The smallest absolute Gasteiger partial charge is 0.276 e. The van der Waals surface area contributed by atoms with Gasteiger partial charge < -0.3 is 10.4 Å². The van der Waals surface area contributed by atoms with E-state index in [0.29, 0.717) is 27.0 Å². The number of nitrogens with zero attached hydrogens (tertiary/aromatic N) is 3. The Balaban J connectivity index is 1.59. The Labute approximate surface area is 214 Å². The molecular weight excluding hydrogens is 528 g/mol. The minimum Gasteiger partial charge on any atom is -0.508 e. The number of amidine groups is 1. The van der Waals surface area contributed by atoms with Gasteiger partial charge in [0, 0.05) is 10.0 Å². The van der Waals surface area contributed by atoms with E-state index in [4.69, 9.17) is 0 Å². The van der Waals surface area contributed by atoms with Gasteiger partial charge in [-0.2, -0.15) is 0 Å². The highest BCUT2D eigenvalue weighted by Crippen LogP contribution is 2.38. The number of rotatable bonds is 3. The van der Waals surface area contributed by atoms with Crippen LogP contribution >= 0.6 is 27.7 Å².